The molecule has 5 nitrogen and oxygen atoms in total. The summed E-state index contributed by atoms with van der Waals surface area (Å²) in [4.78, 5) is 11.6. The van der Waals surface area contributed by atoms with Gasteiger partial charge in [0.05, 0.1) is 10.7 Å². The van der Waals surface area contributed by atoms with E-state index in [1.54, 1.807) is 11.3 Å². The predicted octanol–water partition coefficient (Wildman–Crippen LogP) is 4.05. The fourth-order valence-corrected chi connectivity index (χ4v) is 4.22. The molecule has 0 bridgehead atoms. The quantitative estimate of drug-likeness (QED) is 0.360. The zero-order chi connectivity index (χ0) is 19.3. The van der Waals surface area contributed by atoms with Crippen molar-refractivity contribution in [2.24, 2.45) is 4.99 Å². The van der Waals surface area contributed by atoms with E-state index < -0.39 is 0 Å². The van der Waals surface area contributed by atoms with Crippen LogP contribution in [0.15, 0.2) is 40.7 Å². The summed E-state index contributed by atoms with van der Waals surface area (Å²) in [5.74, 6) is 0.877. The molecule has 1 aliphatic heterocycles. The maximum absolute atomic E-state index is 4.76. The zero-order valence-electron chi connectivity index (χ0n) is 17.2. The Morgan fingerprint density at radius 2 is 2.04 bits per heavy atom. The highest BCUT2D eigenvalue weighted by Crippen LogP contribution is 2.24. The van der Waals surface area contributed by atoms with Crippen LogP contribution in [0, 0.1) is 0 Å². The number of nitrogens with one attached hydrogen (secondary N) is 2. The number of thiazole rings is 1. The molecule has 7 heteroatoms. The van der Waals surface area contributed by atoms with E-state index >= 15 is 0 Å². The highest BCUT2D eigenvalue weighted by atomic mass is 127. The van der Waals surface area contributed by atoms with Gasteiger partial charge in [-0.2, -0.15) is 0 Å². The maximum Gasteiger partial charge on any atom is 0.191 e. The molecule has 154 valence electrons. The smallest absolute Gasteiger partial charge is 0.191 e. The average Bonchev–Trinajstić information content (AvgIpc) is 3.31. The number of aromatic nitrogens is 1. The first-order valence-electron chi connectivity index (χ1n) is 9.68. The molecule has 1 unspecified atom stereocenters. The second kappa shape index (κ2) is 10.4. The molecule has 0 radical (unpaired) electrons. The molecule has 1 aliphatic rings. The van der Waals surface area contributed by atoms with Gasteiger partial charge in [-0.3, -0.25) is 4.99 Å². The first kappa shape index (κ1) is 22.9. The third kappa shape index (κ3) is 6.34. The summed E-state index contributed by atoms with van der Waals surface area (Å²) in [6, 6.07) is 11.0. The molecule has 1 atom stereocenters. The zero-order valence-corrected chi connectivity index (χ0v) is 20.4. The summed E-state index contributed by atoms with van der Waals surface area (Å²) in [5, 5.41) is 10.4. The Bertz CT molecular complexity index is 754. The van der Waals surface area contributed by atoms with Crippen LogP contribution in [0.4, 0.5) is 5.69 Å². The number of rotatable bonds is 5. The predicted molar refractivity (Wildman–Crippen MR) is 131 cm³/mol. The lowest BCUT2D eigenvalue weighted by Crippen LogP contribution is -2.45. The van der Waals surface area contributed by atoms with Crippen LogP contribution in [0.1, 0.15) is 37.9 Å². The van der Waals surface area contributed by atoms with Crippen molar-refractivity contribution >= 4 is 47.0 Å². The van der Waals surface area contributed by atoms with Gasteiger partial charge in [0.2, 0.25) is 0 Å². The van der Waals surface area contributed by atoms with Gasteiger partial charge in [-0.15, -0.1) is 35.3 Å². The van der Waals surface area contributed by atoms with Gasteiger partial charge in [0.1, 0.15) is 0 Å². The van der Waals surface area contributed by atoms with Gasteiger partial charge in [0, 0.05) is 55.6 Å². The molecular formula is C21H32IN5S. The molecule has 0 saturated carbocycles. The summed E-state index contributed by atoms with van der Waals surface area (Å²) < 4.78 is 0. The van der Waals surface area contributed by atoms with Crippen LogP contribution < -0.4 is 15.5 Å². The molecule has 2 N–H and O–H groups in total. The van der Waals surface area contributed by atoms with Gasteiger partial charge in [-0.1, -0.05) is 39.0 Å². The SMILES string of the molecule is CN=C(NCCc1nc(C(C)(C)C)cs1)NC1CCN(c2ccccc2)C1.I. The van der Waals surface area contributed by atoms with Crippen molar-refractivity contribution in [1.29, 1.82) is 0 Å². The Balaban J connectivity index is 0.00000280. The summed E-state index contributed by atoms with van der Waals surface area (Å²) in [6.07, 6.45) is 2.04. The van der Waals surface area contributed by atoms with Crippen LogP contribution in [0.25, 0.3) is 0 Å². The van der Waals surface area contributed by atoms with E-state index in [4.69, 9.17) is 4.98 Å². The summed E-state index contributed by atoms with van der Waals surface area (Å²) in [7, 11) is 1.83. The number of hydrogen-bond acceptors (Lipinski definition) is 4. The van der Waals surface area contributed by atoms with Gasteiger partial charge in [-0.05, 0) is 18.6 Å². The molecule has 0 spiro atoms. The van der Waals surface area contributed by atoms with Crippen molar-refractivity contribution < 1.29 is 0 Å². The van der Waals surface area contributed by atoms with E-state index in [1.165, 1.54) is 16.4 Å². The Kier molecular flexibility index (Phi) is 8.55. The molecule has 1 aromatic carbocycles. The first-order valence-corrected chi connectivity index (χ1v) is 10.6. The van der Waals surface area contributed by atoms with E-state index in [-0.39, 0.29) is 29.4 Å². The second-order valence-electron chi connectivity index (χ2n) is 8.04. The normalized spacial score (nSPS) is 17.4. The van der Waals surface area contributed by atoms with Crippen LogP contribution in [-0.4, -0.2) is 43.7 Å². The summed E-state index contributed by atoms with van der Waals surface area (Å²) in [5.41, 5.74) is 2.59. The lowest BCUT2D eigenvalue weighted by atomic mass is 9.93. The lowest BCUT2D eigenvalue weighted by molar-refractivity contribution is 0.570. The minimum Gasteiger partial charge on any atom is -0.369 e. The number of guanidine groups is 1. The molecule has 1 saturated heterocycles. The Morgan fingerprint density at radius 1 is 1.29 bits per heavy atom. The standard InChI is InChI=1S/C21H31N5S.HI/c1-21(2,3)18-15-27-19(25-18)10-12-23-20(22-4)24-16-11-13-26(14-16)17-8-6-5-7-9-17;/h5-9,15-16H,10-14H2,1-4H3,(H2,22,23,24);1H. The van der Waals surface area contributed by atoms with Crippen LogP contribution in [-0.2, 0) is 11.8 Å². The van der Waals surface area contributed by atoms with Crippen molar-refractivity contribution in [3.8, 4) is 0 Å². The van der Waals surface area contributed by atoms with Crippen molar-refractivity contribution in [2.75, 3.05) is 31.6 Å². The summed E-state index contributed by atoms with van der Waals surface area (Å²) >= 11 is 1.75. The van der Waals surface area contributed by atoms with E-state index in [9.17, 15) is 0 Å². The fourth-order valence-electron chi connectivity index (χ4n) is 3.20. The van der Waals surface area contributed by atoms with Crippen molar-refractivity contribution in [1.82, 2.24) is 15.6 Å². The van der Waals surface area contributed by atoms with E-state index in [0.717, 1.165) is 38.4 Å². The number of benzene rings is 1. The molecule has 2 heterocycles. The van der Waals surface area contributed by atoms with Crippen molar-refractivity contribution in [3.63, 3.8) is 0 Å². The van der Waals surface area contributed by atoms with Crippen LogP contribution in [0.5, 0.6) is 0 Å². The average molecular weight is 513 g/mol. The summed E-state index contributed by atoms with van der Waals surface area (Å²) in [6.45, 7) is 9.54. The van der Waals surface area contributed by atoms with Gasteiger partial charge in [-0.25, -0.2) is 4.98 Å². The Hall–Kier alpha value is -1.35. The molecule has 3 rings (SSSR count). The number of para-hydroxylation sites is 1. The molecule has 1 fully saturated rings. The Labute approximate surface area is 190 Å². The maximum atomic E-state index is 4.76. The van der Waals surface area contributed by atoms with Crippen molar-refractivity contribution in [3.05, 3.63) is 46.4 Å². The largest absolute Gasteiger partial charge is 0.369 e. The van der Waals surface area contributed by atoms with Gasteiger partial charge < -0.3 is 15.5 Å². The van der Waals surface area contributed by atoms with Crippen molar-refractivity contribution in [2.45, 2.75) is 45.1 Å². The number of hydrogen-bond donors (Lipinski definition) is 2. The molecule has 0 amide bonds. The molecular weight excluding hydrogens is 481 g/mol. The van der Waals surface area contributed by atoms with Gasteiger partial charge in [0.25, 0.3) is 0 Å². The second-order valence-corrected chi connectivity index (χ2v) is 8.98. The van der Waals surface area contributed by atoms with E-state index in [2.05, 4.69) is 77.0 Å². The molecule has 0 aliphatic carbocycles. The number of aliphatic imine (C=N–C) groups is 1. The fraction of sp³-hybridized carbons (Fsp3) is 0.524. The minimum atomic E-state index is 0. The van der Waals surface area contributed by atoms with Gasteiger partial charge in [0.15, 0.2) is 5.96 Å². The highest BCUT2D eigenvalue weighted by molar-refractivity contribution is 14.0. The van der Waals surface area contributed by atoms with E-state index in [1.807, 2.05) is 7.05 Å². The van der Waals surface area contributed by atoms with Gasteiger partial charge >= 0.3 is 0 Å². The monoisotopic (exact) mass is 513 g/mol. The first-order chi connectivity index (χ1) is 13.0. The highest BCUT2D eigenvalue weighted by Gasteiger charge is 2.23. The minimum absolute atomic E-state index is 0. The molecule has 28 heavy (non-hydrogen) atoms. The lowest BCUT2D eigenvalue weighted by Gasteiger charge is -2.20. The number of halogens is 1. The third-order valence-corrected chi connectivity index (χ3v) is 5.73. The molecule has 1 aromatic heterocycles. The van der Waals surface area contributed by atoms with Crippen LogP contribution in [0.2, 0.25) is 0 Å². The number of anilines is 1. The topological polar surface area (TPSA) is 52.6 Å². The van der Waals surface area contributed by atoms with E-state index in [0.29, 0.717) is 6.04 Å². The van der Waals surface area contributed by atoms with Crippen LogP contribution >= 0.6 is 35.3 Å². The number of nitrogens with zero attached hydrogens (tertiary/aromatic N) is 3. The third-order valence-electron chi connectivity index (χ3n) is 4.83. The molecule has 2 aromatic rings. The van der Waals surface area contributed by atoms with Crippen LogP contribution in [0.3, 0.4) is 0 Å². The Morgan fingerprint density at radius 3 is 2.68 bits per heavy atom.